The summed E-state index contributed by atoms with van der Waals surface area (Å²) < 4.78 is 5.87. The first-order chi connectivity index (χ1) is 17.6. The fraction of sp³-hybridized carbons (Fsp3) is 0.464. The minimum atomic E-state index is -1.15. The van der Waals surface area contributed by atoms with Crippen molar-refractivity contribution in [2.45, 2.75) is 51.1 Å². The van der Waals surface area contributed by atoms with Gasteiger partial charge in [-0.15, -0.1) is 0 Å². The zero-order chi connectivity index (χ0) is 26.6. The van der Waals surface area contributed by atoms with E-state index < -0.39 is 29.1 Å². The number of hydrogen-bond donors (Lipinski definition) is 3. The molecule has 4 N–H and O–H groups in total. The number of carbonyl (C=O) groups is 2. The zero-order valence-electron chi connectivity index (χ0n) is 21.8. The molecule has 3 unspecified atom stereocenters. The van der Waals surface area contributed by atoms with Crippen LogP contribution in [0.1, 0.15) is 31.4 Å². The topological polar surface area (TPSA) is 120 Å². The largest absolute Gasteiger partial charge is 0.374 e. The maximum absolute atomic E-state index is 13.8. The standard InChI is InChI=1S/C28H37N5O4/c1-27(2,29)25(35)30-22(18-37-17-21-12-8-5-9-13-21)24(34)33-15-14-23-28(19-33,26(36)32(3)31-23)16-20-10-6-4-7-11-20/h4-13,22,26,36H,14-19,29H2,1-3H3,(H,30,35). The molecule has 2 aliphatic heterocycles. The van der Waals surface area contributed by atoms with Crippen molar-refractivity contribution in [2.24, 2.45) is 16.3 Å². The number of hydrogen-bond acceptors (Lipinski definition) is 7. The Kier molecular flexibility index (Phi) is 7.96. The average Bonchev–Trinajstić information content (AvgIpc) is 3.12. The normalized spacial score (nSPS) is 22.3. The molecule has 0 bridgehead atoms. The second kappa shape index (κ2) is 11.0. The Balaban J connectivity index is 1.54. The predicted octanol–water partition coefficient (Wildman–Crippen LogP) is 1.51. The third kappa shape index (κ3) is 6.01. The van der Waals surface area contributed by atoms with Crippen LogP contribution in [0.15, 0.2) is 65.8 Å². The third-order valence-electron chi connectivity index (χ3n) is 7.05. The van der Waals surface area contributed by atoms with Crippen LogP contribution in [0.5, 0.6) is 0 Å². The molecule has 1 fully saturated rings. The van der Waals surface area contributed by atoms with Crippen molar-refractivity contribution in [2.75, 3.05) is 26.7 Å². The number of nitrogens with two attached hydrogens (primary N) is 1. The number of nitrogens with one attached hydrogen (secondary N) is 1. The Morgan fingerprint density at radius 1 is 1.16 bits per heavy atom. The van der Waals surface area contributed by atoms with Gasteiger partial charge < -0.3 is 25.8 Å². The Morgan fingerprint density at radius 2 is 1.78 bits per heavy atom. The summed E-state index contributed by atoms with van der Waals surface area (Å²) in [5.41, 5.74) is 7.02. The molecule has 2 aliphatic rings. The van der Waals surface area contributed by atoms with Gasteiger partial charge >= 0.3 is 0 Å². The molecule has 2 heterocycles. The van der Waals surface area contributed by atoms with Gasteiger partial charge in [0, 0.05) is 26.6 Å². The summed E-state index contributed by atoms with van der Waals surface area (Å²) in [6, 6.07) is 18.6. The van der Waals surface area contributed by atoms with Crippen molar-refractivity contribution in [1.29, 1.82) is 0 Å². The lowest BCUT2D eigenvalue weighted by Crippen LogP contribution is -2.62. The van der Waals surface area contributed by atoms with Crippen LogP contribution in [0.3, 0.4) is 0 Å². The molecule has 198 valence electrons. The summed E-state index contributed by atoms with van der Waals surface area (Å²) in [6.45, 7) is 4.22. The van der Waals surface area contributed by atoms with Crippen molar-refractivity contribution in [3.05, 3.63) is 71.8 Å². The van der Waals surface area contributed by atoms with Crippen molar-refractivity contribution >= 4 is 17.5 Å². The summed E-state index contributed by atoms with van der Waals surface area (Å²) in [5.74, 6) is -0.702. The molecule has 2 amide bonds. The molecule has 0 saturated carbocycles. The van der Waals surface area contributed by atoms with Gasteiger partial charge in [0.15, 0.2) is 6.23 Å². The lowest BCUT2D eigenvalue weighted by molar-refractivity contribution is -0.142. The number of benzene rings is 2. The molecule has 4 rings (SSSR count). The number of carbonyl (C=O) groups excluding carboxylic acids is 2. The van der Waals surface area contributed by atoms with E-state index in [4.69, 9.17) is 10.5 Å². The number of fused-ring (bicyclic) bond motifs is 1. The fourth-order valence-corrected chi connectivity index (χ4v) is 4.99. The van der Waals surface area contributed by atoms with Crippen molar-refractivity contribution in [3.63, 3.8) is 0 Å². The minimum Gasteiger partial charge on any atom is -0.374 e. The van der Waals surface area contributed by atoms with E-state index in [0.717, 1.165) is 16.8 Å². The van der Waals surface area contributed by atoms with Crippen LogP contribution in [0, 0.1) is 5.41 Å². The molecule has 37 heavy (non-hydrogen) atoms. The number of nitrogens with zero attached hydrogens (tertiary/aromatic N) is 3. The highest BCUT2D eigenvalue weighted by Gasteiger charge is 2.53. The van der Waals surface area contributed by atoms with E-state index in [2.05, 4.69) is 10.4 Å². The number of amides is 2. The molecule has 9 heteroatoms. The van der Waals surface area contributed by atoms with Gasteiger partial charge in [-0.05, 0) is 31.4 Å². The zero-order valence-corrected chi connectivity index (χ0v) is 21.8. The SMILES string of the molecule is CN1N=C2CCN(C(=O)C(COCc3ccccc3)NC(=O)C(C)(C)N)CC2(Cc2ccccc2)C1O. The Bertz CT molecular complexity index is 1120. The van der Waals surface area contributed by atoms with Gasteiger partial charge in [0.2, 0.25) is 11.8 Å². The quantitative estimate of drug-likeness (QED) is 0.473. The van der Waals surface area contributed by atoms with E-state index in [1.54, 1.807) is 30.8 Å². The monoisotopic (exact) mass is 507 g/mol. The van der Waals surface area contributed by atoms with Gasteiger partial charge in [0.05, 0.1) is 29.9 Å². The molecule has 9 nitrogen and oxygen atoms in total. The van der Waals surface area contributed by atoms with Gasteiger partial charge in [0.1, 0.15) is 6.04 Å². The van der Waals surface area contributed by atoms with E-state index >= 15 is 0 Å². The summed E-state index contributed by atoms with van der Waals surface area (Å²) in [7, 11) is 1.75. The van der Waals surface area contributed by atoms with E-state index in [1.807, 2.05) is 60.7 Å². The van der Waals surface area contributed by atoms with Crippen LogP contribution in [0.4, 0.5) is 0 Å². The first-order valence-electron chi connectivity index (χ1n) is 12.6. The second-order valence-corrected chi connectivity index (χ2v) is 10.6. The molecule has 0 aliphatic carbocycles. The second-order valence-electron chi connectivity index (χ2n) is 10.6. The van der Waals surface area contributed by atoms with Crippen molar-refractivity contribution < 1.29 is 19.4 Å². The van der Waals surface area contributed by atoms with Crippen LogP contribution in [0.2, 0.25) is 0 Å². The molecule has 2 aromatic rings. The number of piperidine rings is 1. The maximum atomic E-state index is 13.8. The molecular weight excluding hydrogens is 470 g/mol. The maximum Gasteiger partial charge on any atom is 0.247 e. The lowest BCUT2D eigenvalue weighted by atomic mass is 9.72. The van der Waals surface area contributed by atoms with Crippen LogP contribution >= 0.6 is 0 Å². The highest BCUT2D eigenvalue weighted by Crippen LogP contribution is 2.41. The van der Waals surface area contributed by atoms with E-state index in [1.165, 1.54) is 0 Å². The van der Waals surface area contributed by atoms with Crippen LogP contribution < -0.4 is 11.1 Å². The molecule has 1 saturated heterocycles. The first-order valence-corrected chi connectivity index (χ1v) is 12.6. The smallest absolute Gasteiger partial charge is 0.247 e. The van der Waals surface area contributed by atoms with Gasteiger partial charge in [-0.25, -0.2) is 0 Å². The van der Waals surface area contributed by atoms with Gasteiger partial charge in [-0.3, -0.25) is 14.6 Å². The number of hydrazone groups is 1. The summed E-state index contributed by atoms with van der Waals surface area (Å²) in [6.07, 6.45) is 0.205. The van der Waals surface area contributed by atoms with Crippen molar-refractivity contribution in [3.8, 4) is 0 Å². The lowest BCUT2D eigenvalue weighted by Gasteiger charge is -2.44. The van der Waals surface area contributed by atoms with E-state index in [9.17, 15) is 14.7 Å². The minimum absolute atomic E-state index is 0.00113. The van der Waals surface area contributed by atoms with Crippen LogP contribution in [0.25, 0.3) is 0 Å². The molecule has 3 atom stereocenters. The van der Waals surface area contributed by atoms with Crippen molar-refractivity contribution in [1.82, 2.24) is 15.2 Å². The summed E-state index contributed by atoms with van der Waals surface area (Å²) in [5, 5.41) is 20.2. The number of rotatable bonds is 9. The van der Waals surface area contributed by atoms with Gasteiger partial charge in [-0.2, -0.15) is 5.10 Å². The number of aliphatic hydroxyl groups excluding tert-OH is 1. The van der Waals surface area contributed by atoms with E-state index in [0.29, 0.717) is 26.0 Å². The van der Waals surface area contributed by atoms with Gasteiger partial charge in [-0.1, -0.05) is 60.7 Å². The predicted molar refractivity (Wildman–Crippen MR) is 141 cm³/mol. The summed E-state index contributed by atoms with van der Waals surface area (Å²) in [4.78, 5) is 28.3. The number of ether oxygens (including phenoxy) is 1. The van der Waals surface area contributed by atoms with E-state index in [-0.39, 0.29) is 19.1 Å². The molecule has 2 aromatic carbocycles. The third-order valence-corrected chi connectivity index (χ3v) is 7.05. The molecule has 0 spiro atoms. The number of likely N-dealkylation sites (tertiary alicyclic amines) is 1. The van der Waals surface area contributed by atoms with Crippen LogP contribution in [-0.4, -0.2) is 77.1 Å². The Hall–Kier alpha value is -3.27. The van der Waals surface area contributed by atoms with Crippen LogP contribution in [-0.2, 0) is 27.4 Å². The Labute approximate surface area is 218 Å². The fourth-order valence-electron chi connectivity index (χ4n) is 4.99. The summed E-state index contributed by atoms with van der Waals surface area (Å²) >= 11 is 0. The molecular formula is C28H37N5O4. The molecule has 0 aromatic heterocycles. The highest BCUT2D eigenvalue weighted by atomic mass is 16.5. The highest BCUT2D eigenvalue weighted by molar-refractivity contribution is 5.96. The first kappa shape index (κ1) is 26.8. The number of aliphatic hydroxyl groups is 1. The molecule has 0 radical (unpaired) electrons. The Morgan fingerprint density at radius 3 is 2.41 bits per heavy atom. The average molecular weight is 508 g/mol. The van der Waals surface area contributed by atoms with Gasteiger partial charge in [0.25, 0.3) is 0 Å².